The summed E-state index contributed by atoms with van der Waals surface area (Å²) in [7, 11) is -2.32. The molecule has 8 nitrogen and oxygen atoms in total. The van der Waals surface area contributed by atoms with Crippen molar-refractivity contribution in [3.63, 3.8) is 0 Å². The van der Waals surface area contributed by atoms with Gasteiger partial charge in [-0.05, 0) is 42.7 Å². The Hall–Kier alpha value is -2.20. The number of carbonyl (C=O) groups is 1. The van der Waals surface area contributed by atoms with Gasteiger partial charge in [-0.15, -0.1) is 0 Å². The first kappa shape index (κ1) is 23.5. The molecule has 0 N–H and O–H groups in total. The molecular formula is C20H21Cl2N3O5S. The van der Waals surface area contributed by atoms with Crippen LogP contribution in [0, 0.1) is 10.1 Å². The fourth-order valence-corrected chi connectivity index (χ4v) is 5.62. The monoisotopic (exact) mass is 485 g/mol. The minimum Gasteiger partial charge on any atom is -0.337 e. The van der Waals surface area contributed by atoms with E-state index >= 15 is 0 Å². The predicted octanol–water partition coefficient (Wildman–Crippen LogP) is 4.35. The van der Waals surface area contributed by atoms with Crippen molar-refractivity contribution in [1.82, 2.24) is 9.21 Å². The highest BCUT2D eigenvalue weighted by Crippen LogP contribution is 2.29. The lowest BCUT2D eigenvalue weighted by Crippen LogP contribution is -2.36. The third-order valence-corrected chi connectivity index (χ3v) is 7.85. The number of benzene rings is 2. The van der Waals surface area contributed by atoms with Crippen LogP contribution in [-0.2, 0) is 16.6 Å². The summed E-state index contributed by atoms with van der Waals surface area (Å²) in [6, 6.07) is 8.11. The Kier molecular flexibility index (Phi) is 7.20. The zero-order valence-corrected chi connectivity index (χ0v) is 19.1. The van der Waals surface area contributed by atoms with Gasteiger partial charge in [-0.2, -0.15) is 4.31 Å². The summed E-state index contributed by atoms with van der Waals surface area (Å²) in [5.74, 6) is -0.464. The van der Waals surface area contributed by atoms with E-state index in [-0.39, 0.29) is 32.7 Å². The molecule has 0 atom stereocenters. The Morgan fingerprint density at radius 3 is 2.39 bits per heavy atom. The Labute approximate surface area is 190 Å². The maximum absolute atomic E-state index is 13.0. The van der Waals surface area contributed by atoms with Crippen LogP contribution in [0.2, 0.25) is 10.0 Å². The predicted molar refractivity (Wildman–Crippen MR) is 118 cm³/mol. The van der Waals surface area contributed by atoms with Gasteiger partial charge in [0.2, 0.25) is 10.0 Å². The molecule has 1 fully saturated rings. The summed E-state index contributed by atoms with van der Waals surface area (Å²) in [6.45, 7) is 0.847. The minimum atomic E-state index is -3.82. The molecule has 1 heterocycles. The quantitative estimate of drug-likeness (QED) is 0.447. The maximum Gasteiger partial charge on any atom is 0.269 e. The van der Waals surface area contributed by atoms with Gasteiger partial charge in [0.05, 0.1) is 9.95 Å². The lowest BCUT2D eigenvalue weighted by atomic mass is 10.1. The molecule has 0 radical (unpaired) electrons. The molecule has 2 aromatic carbocycles. The Balaban J connectivity index is 1.86. The topological polar surface area (TPSA) is 101 Å². The van der Waals surface area contributed by atoms with E-state index in [1.165, 1.54) is 52.7 Å². The summed E-state index contributed by atoms with van der Waals surface area (Å²) in [6.07, 6.45) is 2.54. The van der Waals surface area contributed by atoms with Crippen LogP contribution in [-0.4, -0.2) is 48.6 Å². The van der Waals surface area contributed by atoms with E-state index < -0.39 is 20.9 Å². The van der Waals surface area contributed by atoms with Crippen LogP contribution in [0.4, 0.5) is 5.69 Å². The summed E-state index contributed by atoms with van der Waals surface area (Å²) in [4.78, 5) is 24.6. The van der Waals surface area contributed by atoms with Gasteiger partial charge in [-0.1, -0.05) is 29.6 Å². The SMILES string of the molecule is CN(Cc1cc([N+](=O)[O-])ccc1Cl)C(=O)c1ccc(Cl)c(S(=O)(=O)N2CCCCC2)c1. The van der Waals surface area contributed by atoms with Crippen molar-refractivity contribution in [3.05, 3.63) is 67.7 Å². The molecule has 31 heavy (non-hydrogen) atoms. The zero-order chi connectivity index (χ0) is 22.8. The van der Waals surface area contributed by atoms with Crippen LogP contribution in [0.15, 0.2) is 41.3 Å². The number of piperidine rings is 1. The molecule has 2 aromatic rings. The van der Waals surface area contributed by atoms with Crippen molar-refractivity contribution in [2.45, 2.75) is 30.7 Å². The second-order valence-corrected chi connectivity index (χ2v) is 10.0. The van der Waals surface area contributed by atoms with Crippen molar-refractivity contribution in [2.75, 3.05) is 20.1 Å². The number of sulfonamides is 1. The number of halogens is 2. The van der Waals surface area contributed by atoms with E-state index in [1.807, 2.05) is 0 Å². The van der Waals surface area contributed by atoms with Crippen LogP contribution in [0.1, 0.15) is 35.2 Å². The zero-order valence-electron chi connectivity index (χ0n) is 16.8. The van der Waals surface area contributed by atoms with Crippen LogP contribution < -0.4 is 0 Å². The summed E-state index contributed by atoms with van der Waals surface area (Å²) in [5.41, 5.74) is 0.410. The second-order valence-electron chi connectivity index (χ2n) is 7.30. The first-order valence-electron chi connectivity index (χ1n) is 9.59. The number of rotatable bonds is 6. The highest BCUT2D eigenvalue weighted by atomic mass is 35.5. The molecule has 166 valence electrons. The number of non-ortho nitro benzene ring substituents is 1. The first-order valence-corrected chi connectivity index (χ1v) is 11.8. The number of carbonyl (C=O) groups excluding carboxylic acids is 1. The Bertz CT molecular complexity index is 1120. The van der Waals surface area contributed by atoms with Gasteiger partial charge in [0.1, 0.15) is 4.90 Å². The number of nitro groups is 1. The number of nitrogens with zero attached hydrogens (tertiary/aromatic N) is 3. The van der Waals surface area contributed by atoms with Crippen molar-refractivity contribution in [3.8, 4) is 0 Å². The van der Waals surface area contributed by atoms with Crippen molar-refractivity contribution >= 4 is 44.8 Å². The highest BCUT2D eigenvalue weighted by Gasteiger charge is 2.29. The second kappa shape index (κ2) is 9.52. The van der Waals surface area contributed by atoms with Crippen LogP contribution in [0.5, 0.6) is 0 Å². The van der Waals surface area contributed by atoms with E-state index in [2.05, 4.69) is 0 Å². The summed E-state index contributed by atoms with van der Waals surface area (Å²) in [5, 5.41) is 11.3. The average molecular weight is 486 g/mol. The highest BCUT2D eigenvalue weighted by molar-refractivity contribution is 7.89. The fraction of sp³-hybridized carbons (Fsp3) is 0.350. The third kappa shape index (κ3) is 5.17. The molecule has 0 unspecified atom stereocenters. The van der Waals surface area contributed by atoms with Crippen LogP contribution >= 0.6 is 23.2 Å². The first-order chi connectivity index (χ1) is 14.6. The third-order valence-electron chi connectivity index (χ3n) is 5.11. The van der Waals surface area contributed by atoms with Gasteiger partial charge in [0, 0.05) is 49.4 Å². The lowest BCUT2D eigenvalue weighted by Gasteiger charge is -2.26. The molecule has 1 amide bonds. The smallest absolute Gasteiger partial charge is 0.269 e. The van der Waals surface area contributed by atoms with Crippen LogP contribution in [0.3, 0.4) is 0 Å². The number of nitro benzene ring substituents is 1. The van der Waals surface area contributed by atoms with E-state index in [1.54, 1.807) is 0 Å². The van der Waals surface area contributed by atoms with E-state index in [0.29, 0.717) is 18.7 Å². The normalized spacial score (nSPS) is 14.9. The largest absolute Gasteiger partial charge is 0.337 e. The van der Waals surface area contributed by atoms with E-state index in [0.717, 1.165) is 19.3 Å². The molecular weight excluding hydrogens is 465 g/mol. The van der Waals surface area contributed by atoms with Crippen molar-refractivity contribution in [2.24, 2.45) is 0 Å². The Morgan fingerprint density at radius 2 is 1.74 bits per heavy atom. The van der Waals surface area contributed by atoms with Gasteiger partial charge in [0.15, 0.2) is 0 Å². The van der Waals surface area contributed by atoms with Gasteiger partial charge in [-0.25, -0.2) is 8.42 Å². The average Bonchev–Trinajstić information content (AvgIpc) is 2.75. The van der Waals surface area contributed by atoms with E-state index in [9.17, 15) is 23.3 Å². The molecule has 11 heteroatoms. The minimum absolute atomic E-state index is 0.0101. The standard InChI is InChI=1S/C20H21Cl2N3O5S/c1-23(13-15-11-16(25(27)28)6-8-17(15)21)20(26)14-5-7-18(22)19(12-14)31(29,30)24-9-3-2-4-10-24/h5-8,11-12H,2-4,9-10,13H2,1H3. The molecule has 1 aliphatic heterocycles. The number of amides is 1. The summed E-state index contributed by atoms with van der Waals surface area (Å²) < 4.78 is 27.4. The molecule has 3 rings (SSSR count). The maximum atomic E-state index is 13.0. The molecule has 0 bridgehead atoms. The summed E-state index contributed by atoms with van der Waals surface area (Å²) >= 11 is 12.3. The van der Waals surface area contributed by atoms with Crippen molar-refractivity contribution in [1.29, 1.82) is 0 Å². The Morgan fingerprint density at radius 1 is 1.10 bits per heavy atom. The van der Waals surface area contributed by atoms with Gasteiger partial charge < -0.3 is 4.90 Å². The van der Waals surface area contributed by atoms with Gasteiger partial charge in [-0.3, -0.25) is 14.9 Å². The molecule has 1 aliphatic rings. The number of hydrogen-bond donors (Lipinski definition) is 0. The van der Waals surface area contributed by atoms with Gasteiger partial charge >= 0.3 is 0 Å². The molecule has 0 spiro atoms. The molecule has 0 aliphatic carbocycles. The van der Waals surface area contributed by atoms with Crippen molar-refractivity contribution < 1.29 is 18.1 Å². The molecule has 0 aromatic heterocycles. The molecule has 1 saturated heterocycles. The van der Waals surface area contributed by atoms with E-state index in [4.69, 9.17) is 23.2 Å². The van der Waals surface area contributed by atoms with Crippen LogP contribution in [0.25, 0.3) is 0 Å². The number of hydrogen-bond acceptors (Lipinski definition) is 5. The lowest BCUT2D eigenvalue weighted by molar-refractivity contribution is -0.384. The molecule has 0 saturated carbocycles. The fourth-order valence-electron chi connectivity index (χ4n) is 3.42. The van der Waals surface area contributed by atoms with Gasteiger partial charge in [0.25, 0.3) is 11.6 Å².